The van der Waals surface area contributed by atoms with E-state index in [0.29, 0.717) is 19.7 Å². The van der Waals surface area contributed by atoms with E-state index in [1.807, 2.05) is 6.92 Å². The van der Waals surface area contributed by atoms with Gasteiger partial charge in [0.1, 0.15) is 6.29 Å². The van der Waals surface area contributed by atoms with Gasteiger partial charge >= 0.3 is 6.09 Å². The summed E-state index contributed by atoms with van der Waals surface area (Å²) < 4.78 is 4.81. The monoisotopic (exact) mass is 187 g/mol. The van der Waals surface area contributed by atoms with Gasteiger partial charge in [0.15, 0.2) is 0 Å². The van der Waals surface area contributed by atoms with Gasteiger partial charge in [-0.05, 0) is 13.8 Å². The first-order valence-electron chi connectivity index (χ1n) is 4.52. The lowest BCUT2D eigenvalue weighted by Crippen LogP contribution is -2.35. The molecule has 0 bridgehead atoms. The number of carbonyl (C=O) groups excluding carboxylic acids is 2. The Labute approximate surface area is 78.9 Å². The van der Waals surface area contributed by atoms with Gasteiger partial charge in [0, 0.05) is 19.0 Å². The quantitative estimate of drug-likeness (QED) is 0.609. The van der Waals surface area contributed by atoms with Gasteiger partial charge in [-0.25, -0.2) is 4.79 Å². The summed E-state index contributed by atoms with van der Waals surface area (Å²) in [6.07, 6.45) is 0.487. The van der Waals surface area contributed by atoms with E-state index in [4.69, 9.17) is 4.74 Å². The van der Waals surface area contributed by atoms with Crippen LogP contribution < -0.4 is 0 Å². The molecule has 0 aromatic rings. The fourth-order valence-corrected chi connectivity index (χ4v) is 0.938. The van der Waals surface area contributed by atoms with E-state index < -0.39 is 0 Å². The Morgan fingerprint density at radius 3 is 2.54 bits per heavy atom. The Morgan fingerprint density at radius 2 is 2.15 bits per heavy atom. The maximum absolute atomic E-state index is 11.2. The number of amides is 1. The molecule has 0 saturated carbocycles. The smallest absolute Gasteiger partial charge is 0.409 e. The summed E-state index contributed by atoms with van der Waals surface area (Å²) in [5, 5.41) is 0. The average molecular weight is 187 g/mol. The first kappa shape index (κ1) is 11.9. The van der Waals surface area contributed by atoms with Crippen molar-refractivity contribution in [1.82, 2.24) is 4.90 Å². The molecule has 0 rings (SSSR count). The minimum absolute atomic E-state index is 0.135. The number of ether oxygens (including phenoxy) is 1. The zero-order valence-corrected chi connectivity index (χ0v) is 8.45. The molecule has 1 amide bonds. The second kappa shape index (κ2) is 6.46. The van der Waals surface area contributed by atoms with Crippen LogP contribution in [0.2, 0.25) is 0 Å². The van der Waals surface area contributed by atoms with Gasteiger partial charge in [-0.1, -0.05) is 6.92 Å². The first-order chi connectivity index (χ1) is 6.15. The summed E-state index contributed by atoms with van der Waals surface area (Å²) in [6, 6.07) is 0. The summed E-state index contributed by atoms with van der Waals surface area (Å²) in [5.74, 6) is -0.135. The molecule has 76 valence electrons. The Morgan fingerprint density at radius 1 is 1.54 bits per heavy atom. The molecule has 0 fully saturated rings. The van der Waals surface area contributed by atoms with Crippen LogP contribution in [0.25, 0.3) is 0 Å². The summed E-state index contributed by atoms with van der Waals surface area (Å²) >= 11 is 0. The Bertz CT molecular complexity index is 170. The lowest BCUT2D eigenvalue weighted by Gasteiger charge is -2.21. The van der Waals surface area contributed by atoms with Gasteiger partial charge in [0.25, 0.3) is 0 Å². The van der Waals surface area contributed by atoms with Crippen molar-refractivity contribution in [3.8, 4) is 0 Å². The van der Waals surface area contributed by atoms with Crippen molar-refractivity contribution in [3.63, 3.8) is 0 Å². The van der Waals surface area contributed by atoms with Crippen molar-refractivity contribution in [3.05, 3.63) is 0 Å². The van der Waals surface area contributed by atoms with Crippen LogP contribution in [0.4, 0.5) is 4.79 Å². The summed E-state index contributed by atoms with van der Waals surface area (Å²) in [5.41, 5.74) is 0. The molecule has 0 spiro atoms. The summed E-state index contributed by atoms with van der Waals surface area (Å²) in [4.78, 5) is 23.1. The zero-order chi connectivity index (χ0) is 10.3. The maximum Gasteiger partial charge on any atom is 0.409 e. The standard InChI is InChI=1S/C9H17NO3/c1-4-10(6-8(3)7-11)9(12)13-5-2/h7-8H,4-6H2,1-3H3. The normalized spacial score (nSPS) is 11.9. The number of aldehydes is 1. The van der Waals surface area contributed by atoms with Gasteiger partial charge in [-0.2, -0.15) is 0 Å². The largest absolute Gasteiger partial charge is 0.450 e. The molecule has 0 saturated heterocycles. The molecule has 4 heteroatoms. The predicted octanol–water partition coefficient (Wildman–Crippen LogP) is 1.30. The zero-order valence-electron chi connectivity index (χ0n) is 8.45. The number of rotatable bonds is 5. The summed E-state index contributed by atoms with van der Waals surface area (Å²) in [6.45, 7) is 6.75. The van der Waals surface area contributed by atoms with Crippen LogP contribution in [-0.2, 0) is 9.53 Å². The number of nitrogens with zero attached hydrogens (tertiary/aromatic N) is 1. The van der Waals surface area contributed by atoms with E-state index in [2.05, 4.69) is 0 Å². The van der Waals surface area contributed by atoms with Gasteiger partial charge in [-0.3, -0.25) is 0 Å². The molecule has 0 N–H and O–H groups in total. The SMILES string of the molecule is CCOC(=O)N(CC)CC(C)C=O. The molecule has 1 unspecified atom stereocenters. The Hall–Kier alpha value is -1.06. The minimum Gasteiger partial charge on any atom is -0.450 e. The van der Waals surface area contributed by atoms with Gasteiger partial charge in [-0.15, -0.1) is 0 Å². The molecular weight excluding hydrogens is 170 g/mol. The van der Waals surface area contributed by atoms with Crippen molar-refractivity contribution in [1.29, 1.82) is 0 Å². The molecule has 13 heavy (non-hydrogen) atoms. The van der Waals surface area contributed by atoms with E-state index >= 15 is 0 Å². The van der Waals surface area contributed by atoms with Crippen molar-refractivity contribution in [2.24, 2.45) is 5.92 Å². The van der Waals surface area contributed by atoms with Crippen molar-refractivity contribution < 1.29 is 14.3 Å². The molecule has 0 aromatic carbocycles. The number of hydrogen-bond donors (Lipinski definition) is 0. The lowest BCUT2D eigenvalue weighted by molar-refractivity contribution is -0.111. The van der Waals surface area contributed by atoms with Crippen LogP contribution in [0.1, 0.15) is 20.8 Å². The van der Waals surface area contributed by atoms with E-state index in [1.165, 1.54) is 4.90 Å². The second-order valence-corrected chi connectivity index (χ2v) is 2.85. The van der Waals surface area contributed by atoms with E-state index in [0.717, 1.165) is 6.29 Å². The first-order valence-corrected chi connectivity index (χ1v) is 4.52. The topological polar surface area (TPSA) is 46.6 Å². The van der Waals surface area contributed by atoms with Crippen LogP contribution in [0.3, 0.4) is 0 Å². The molecule has 0 aliphatic rings. The highest BCUT2D eigenvalue weighted by Crippen LogP contribution is 1.99. The molecule has 1 atom stereocenters. The third-order valence-corrected chi connectivity index (χ3v) is 1.65. The van der Waals surface area contributed by atoms with Gasteiger partial charge in [0.2, 0.25) is 0 Å². The highest BCUT2D eigenvalue weighted by molar-refractivity contribution is 5.68. The van der Waals surface area contributed by atoms with E-state index in [9.17, 15) is 9.59 Å². The van der Waals surface area contributed by atoms with Crippen LogP contribution >= 0.6 is 0 Å². The third-order valence-electron chi connectivity index (χ3n) is 1.65. The second-order valence-electron chi connectivity index (χ2n) is 2.85. The third kappa shape index (κ3) is 4.50. The van der Waals surface area contributed by atoms with Gasteiger partial charge in [0.05, 0.1) is 6.61 Å². The highest BCUT2D eigenvalue weighted by Gasteiger charge is 2.14. The number of hydrogen-bond acceptors (Lipinski definition) is 3. The molecule has 0 aromatic heterocycles. The molecule has 4 nitrogen and oxygen atoms in total. The fourth-order valence-electron chi connectivity index (χ4n) is 0.938. The van der Waals surface area contributed by atoms with Crippen molar-refractivity contribution >= 4 is 12.4 Å². The summed E-state index contributed by atoms with van der Waals surface area (Å²) in [7, 11) is 0. The van der Waals surface area contributed by atoms with Crippen LogP contribution in [-0.4, -0.2) is 37.0 Å². The van der Waals surface area contributed by atoms with Crippen LogP contribution in [0.15, 0.2) is 0 Å². The molecule has 0 heterocycles. The molecule has 0 radical (unpaired) electrons. The van der Waals surface area contributed by atoms with E-state index in [-0.39, 0.29) is 12.0 Å². The minimum atomic E-state index is -0.348. The van der Waals surface area contributed by atoms with Crippen molar-refractivity contribution in [2.75, 3.05) is 19.7 Å². The Balaban J connectivity index is 4.01. The molecule has 0 aliphatic carbocycles. The van der Waals surface area contributed by atoms with Crippen LogP contribution in [0, 0.1) is 5.92 Å². The van der Waals surface area contributed by atoms with Crippen LogP contribution in [0.5, 0.6) is 0 Å². The van der Waals surface area contributed by atoms with E-state index in [1.54, 1.807) is 13.8 Å². The maximum atomic E-state index is 11.2. The highest BCUT2D eigenvalue weighted by atomic mass is 16.6. The van der Waals surface area contributed by atoms with Gasteiger partial charge < -0.3 is 14.4 Å². The average Bonchev–Trinajstić information content (AvgIpc) is 2.14. The molecule has 0 aliphatic heterocycles. The predicted molar refractivity (Wildman–Crippen MR) is 49.5 cm³/mol. The molecular formula is C9H17NO3. The fraction of sp³-hybridized carbons (Fsp3) is 0.778. The Kier molecular flexibility index (Phi) is 5.93. The van der Waals surface area contributed by atoms with Crippen molar-refractivity contribution in [2.45, 2.75) is 20.8 Å². The number of carbonyl (C=O) groups is 2. The lowest BCUT2D eigenvalue weighted by atomic mass is 10.2.